The summed E-state index contributed by atoms with van der Waals surface area (Å²) in [6.45, 7) is 2.46. The molecule has 11 heteroatoms. The van der Waals surface area contributed by atoms with Gasteiger partial charge in [-0.15, -0.1) is 24.0 Å². The number of guanidine groups is 1. The second-order valence-electron chi connectivity index (χ2n) is 5.32. The highest BCUT2D eigenvalue weighted by molar-refractivity contribution is 14.0. The number of hydrogen-bond donors (Lipinski definition) is 2. The van der Waals surface area contributed by atoms with Crippen molar-refractivity contribution in [1.82, 2.24) is 14.9 Å². The largest absolute Gasteiger partial charge is 0.416 e. The Morgan fingerprint density at radius 2 is 1.77 bits per heavy atom. The molecule has 0 aliphatic carbocycles. The summed E-state index contributed by atoms with van der Waals surface area (Å²) in [5, 5.41) is 2.99. The number of hydrogen-bond acceptors (Lipinski definition) is 3. The zero-order valence-electron chi connectivity index (χ0n) is 14.8. The van der Waals surface area contributed by atoms with Crippen molar-refractivity contribution in [3.8, 4) is 0 Å². The Hall–Kier alpha value is -1.08. The molecular formula is C15H24F3IN4O2S. The second-order valence-corrected chi connectivity index (χ2v) is 7.42. The molecule has 26 heavy (non-hydrogen) atoms. The quantitative estimate of drug-likeness (QED) is 0.257. The van der Waals surface area contributed by atoms with Gasteiger partial charge < -0.3 is 10.2 Å². The van der Waals surface area contributed by atoms with Gasteiger partial charge in [0.2, 0.25) is 10.0 Å². The van der Waals surface area contributed by atoms with Gasteiger partial charge in [-0.05, 0) is 24.6 Å². The standard InChI is InChI=1S/C15H23F3N4O2S.HI/c1-4-25(23,24)21-10-9-20-14(19-2)22(3)11-12-5-7-13(8-6-12)15(16,17)18;/h5-8,21H,4,9-11H2,1-3H3,(H,19,20);1H. The van der Waals surface area contributed by atoms with Crippen LogP contribution >= 0.6 is 24.0 Å². The van der Waals surface area contributed by atoms with E-state index in [1.807, 2.05) is 0 Å². The van der Waals surface area contributed by atoms with Crippen molar-refractivity contribution in [1.29, 1.82) is 0 Å². The summed E-state index contributed by atoms with van der Waals surface area (Å²) in [5.41, 5.74) is 0.00903. The molecule has 0 bridgehead atoms. The van der Waals surface area contributed by atoms with Crippen LogP contribution in [-0.4, -0.2) is 52.2 Å². The fourth-order valence-electron chi connectivity index (χ4n) is 2.02. The van der Waals surface area contributed by atoms with Crippen molar-refractivity contribution in [3.05, 3.63) is 35.4 Å². The van der Waals surface area contributed by atoms with Crippen molar-refractivity contribution in [3.63, 3.8) is 0 Å². The van der Waals surface area contributed by atoms with E-state index < -0.39 is 21.8 Å². The van der Waals surface area contributed by atoms with Gasteiger partial charge in [0.15, 0.2) is 5.96 Å². The third kappa shape index (κ3) is 8.54. The number of rotatable bonds is 7. The minimum atomic E-state index is -4.35. The fraction of sp³-hybridized carbons (Fsp3) is 0.533. The first-order valence-electron chi connectivity index (χ1n) is 7.64. The number of aliphatic imine (C=N–C) groups is 1. The van der Waals surface area contributed by atoms with Crippen LogP contribution in [0.4, 0.5) is 13.2 Å². The molecule has 0 atom stereocenters. The maximum Gasteiger partial charge on any atom is 0.416 e. The highest BCUT2D eigenvalue weighted by Crippen LogP contribution is 2.29. The minimum absolute atomic E-state index is 0. The molecule has 1 aromatic rings. The molecule has 0 amide bonds. The van der Waals surface area contributed by atoms with Crippen LogP contribution in [0.3, 0.4) is 0 Å². The first kappa shape index (κ1) is 24.9. The molecule has 0 heterocycles. The third-order valence-corrected chi connectivity index (χ3v) is 4.79. The Morgan fingerprint density at radius 3 is 2.23 bits per heavy atom. The maximum absolute atomic E-state index is 12.6. The number of nitrogens with one attached hydrogen (secondary N) is 2. The number of nitrogens with zero attached hydrogens (tertiary/aromatic N) is 2. The summed E-state index contributed by atoms with van der Waals surface area (Å²) in [4.78, 5) is 5.80. The number of alkyl halides is 3. The summed E-state index contributed by atoms with van der Waals surface area (Å²) in [7, 11) is 0.0660. The van der Waals surface area contributed by atoms with E-state index in [9.17, 15) is 21.6 Å². The Morgan fingerprint density at radius 1 is 1.19 bits per heavy atom. The van der Waals surface area contributed by atoms with Gasteiger partial charge in [0.05, 0.1) is 11.3 Å². The van der Waals surface area contributed by atoms with E-state index in [0.29, 0.717) is 24.6 Å². The van der Waals surface area contributed by atoms with Gasteiger partial charge in [-0.3, -0.25) is 4.99 Å². The molecule has 0 aliphatic rings. The summed E-state index contributed by atoms with van der Waals surface area (Å²) in [6, 6.07) is 4.92. The average molecular weight is 508 g/mol. The highest BCUT2D eigenvalue weighted by Gasteiger charge is 2.29. The van der Waals surface area contributed by atoms with E-state index in [1.54, 1.807) is 25.9 Å². The number of sulfonamides is 1. The van der Waals surface area contributed by atoms with Crippen molar-refractivity contribution < 1.29 is 21.6 Å². The van der Waals surface area contributed by atoms with Crippen LogP contribution in [0, 0.1) is 0 Å². The molecule has 0 aliphatic heterocycles. The summed E-state index contributed by atoms with van der Waals surface area (Å²) < 4.78 is 62.8. The van der Waals surface area contributed by atoms with Crippen LogP contribution in [0.1, 0.15) is 18.1 Å². The molecule has 0 saturated carbocycles. The van der Waals surface area contributed by atoms with Crippen LogP contribution in [-0.2, 0) is 22.7 Å². The monoisotopic (exact) mass is 508 g/mol. The topological polar surface area (TPSA) is 73.8 Å². The summed E-state index contributed by atoms with van der Waals surface area (Å²) >= 11 is 0. The molecule has 6 nitrogen and oxygen atoms in total. The minimum Gasteiger partial charge on any atom is -0.355 e. The lowest BCUT2D eigenvalue weighted by atomic mass is 10.1. The van der Waals surface area contributed by atoms with Crippen molar-refractivity contribution in [2.24, 2.45) is 4.99 Å². The maximum atomic E-state index is 12.6. The predicted molar refractivity (Wildman–Crippen MR) is 107 cm³/mol. The van der Waals surface area contributed by atoms with Gasteiger partial charge >= 0.3 is 6.18 Å². The first-order chi connectivity index (χ1) is 11.6. The lowest BCUT2D eigenvalue weighted by Crippen LogP contribution is -2.42. The van der Waals surface area contributed by atoms with Crippen molar-refractivity contribution in [2.45, 2.75) is 19.6 Å². The van der Waals surface area contributed by atoms with E-state index in [-0.39, 0.29) is 36.3 Å². The first-order valence-corrected chi connectivity index (χ1v) is 9.29. The Bertz CT molecular complexity index is 679. The molecule has 0 unspecified atom stereocenters. The van der Waals surface area contributed by atoms with Gasteiger partial charge in [0.1, 0.15) is 0 Å². The molecule has 0 fully saturated rings. The molecular weight excluding hydrogens is 484 g/mol. The van der Waals surface area contributed by atoms with E-state index >= 15 is 0 Å². The third-order valence-electron chi connectivity index (χ3n) is 3.38. The van der Waals surface area contributed by atoms with E-state index in [2.05, 4.69) is 15.0 Å². The van der Waals surface area contributed by atoms with Gasteiger partial charge in [-0.25, -0.2) is 13.1 Å². The highest BCUT2D eigenvalue weighted by atomic mass is 127. The van der Waals surface area contributed by atoms with E-state index in [4.69, 9.17) is 0 Å². The molecule has 0 aromatic heterocycles. The summed E-state index contributed by atoms with van der Waals surface area (Å²) in [6.07, 6.45) is -4.35. The molecule has 0 spiro atoms. The van der Waals surface area contributed by atoms with Crippen molar-refractivity contribution >= 4 is 40.0 Å². The van der Waals surface area contributed by atoms with Crippen LogP contribution in [0.2, 0.25) is 0 Å². The van der Waals surface area contributed by atoms with E-state index in [1.165, 1.54) is 12.1 Å². The molecule has 2 N–H and O–H groups in total. The normalized spacial score (nSPS) is 12.5. The zero-order chi connectivity index (χ0) is 19.1. The Labute approximate surface area is 169 Å². The number of benzene rings is 1. The van der Waals surface area contributed by atoms with Gasteiger partial charge in [-0.2, -0.15) is 13.2 Å². The van der Waals surface area contributed by atoms with Crippen LogP contribution in [0.5, 0.6) is 0 Å². The lowest BCUT2D eigenvalue weighted by Gasteiger charge is -2.22. The van der Waals surface area contributed by atoms with Gasteiger partial charge in [0.25, 0.3) is 0 Å². The molecule has 1 aromatic carbocycles. The average Bonchev–Trinajstić information content (AvgIpc) is 2.54. The molecule has 150 valence electrons. The SMILES string of the molecule is CCS(=O)(=O)NCCNC(=NC)N(C)Cc1ccc(C(F)(F)F)cc1.I. The fourth-order valence-corrected chi connectivity index (χ4v) is 2.63. The Balaban J connectivity index is 0.00000625. The van der Waals surface area contributed by atoms with Gasteiger partial charge in [-0.1, -0.05) is 12.1 Å². The molecule has 0 saturated heterocycles. The molecule has 1 rings (SSSR count). The zero-order valence-corrected chi connectivity index (χ0v) is 17.9. The predicted octanol–water partition coefficient (Wildman–Crippen LogP) is 2.27. The van der Waals surface area contributed by atoms with Crippen molar-refractivity contribution in [2.75, 3.05) is 32.9 Å². The van der Waals surface area contributed by atoms with Crippen LogP contribution in [0.25, 0.3) is 0 Å². The number of halogens is 4. The lowest BCUT2D eigenvalue weighted by molar-refractivity contribution is -0.137. The van der Waals surface area contributed by atoms with Crippen LogP contribution < -0.4 is 10.0 Å². The summed E-state index contributed by atoms with van der Waals surface area (Å²) in [5.74, 6) is 0.519. The smallest absolute Gasteiger partial charge is 0.355 e. The van der Waals surface area contributed by atoms with Gasteiger partial charge in [0, 0.05) is 33.7 Å². The van der Waals surface area contributed by atoms with Crippen LogP contribution in [0.15, 0.2) is 29.3 Å². The Kier molecular flexibility index (Phi) is 10.5. The molecule has 0 radical (unpaired) electrons. The van der Waals surface area contributed by atoms with E-state index in [0.717, 1.165) is 12.1 Å². The second kappa shape index (κ2) is 10.9.